The number of Topliss-reactive ketones (excluding diaryl/α,β-unsaturated/α-hetero) is 1. The van der Waals surface area contributed by atoms with E-state index in [1.54, 1.807) is 17.0 Å². The number of carbonyl (C=O) groups is 3. The SMILES string of the molecule is CC(C)(C)OC(=O)N1CCN(c2ccc(C(=O)NCC(=O)CCc3ccccc3)cc2)CC1. The van der Waals surface area contributed by atoms with E-state index in [4.69, 9.17) is 4.74 Å². The van der Waals surface area contributed by atoms with Crippen LogP contribution in [0, 0.1) is 0 Å². The normalized spacial score (nSPS) is 14.0. The largest absolute Gasteiger partial charge is 0.444 e. The van der Waals surface area contributed by atoms with Gasteiger partial charge in [0.25, 0.3) is 5.91 Å². The van der Waals surface area contributed by atoms with Crippen LogP contribution in [0.15, 0.2) is 54.6 Å². The lowest BCUT2D eigenvalue weighted by molar-refractivity contribution is -0.118. The van der Waals surface area contributed by atoms with Crippen molar-refractivity contribution in [3.63, 3.8) is 0 Å². The molecule has 3 rings (SSSR count). The molecule has 0 bridgehead atoms. The Bertz CT molecular complexity index is 944. The number of benzene rings is 2. The van der Waals surface area contributed by atoms with E-state index in [1.807, 2.05) is 63.2 Å². The second kappa shape index (κ2) is 11.0. The number of rotatable bonds is 7. The average Bonchev–Trinajstić information content (AvgIpc) is 2.81. The number of piperazine rings is 1. The number of anilines is 1. The van der Waals surface area contributed by atoms with Crippen LogP contribution in [0.4, 0.5) is 10.5 Å². The molecule has 0 aromatic heterocycles. The predicted molar refractivity (Wildman–Crippen MR) is 129 cm³/mol. The molecule has 176 valence electrons. The highest BCUT2D eigenvalue weighted by Gasteiger charge is 2.26. The molecule has 1 N–H and O–H groups in total. The van der Waals surface area contributed by atoms with Gasteiger partial charge in [-0.2, -0.15) is 0 Å². The Labute approximate surface area is 195 Å². The summed E-state index contributed by atoms with van der Waals surface area (Å²) in [6.07, 6.45) is 0.789. The maximum atomic E-state index is 12.4. The van der Waals surface area contributed by atoms with Crippen molar-refractivity contribution in [2.75, 3.05) is 37.6 Å². The lowest BCUT2D eigenvalue weighted by atomic mass is 10.1. The predicted octanol–water partition coefficient (Wildman–Crippen LogP) is 3.68. The molecular weight excluding hydrogens is 418 g/mol. The summed E-state index contributed by atoms with van der Waals surface area (Å²) in [5, 5.41) is 2.71. The van der Waals surface area contributed by atoms with E-state index in [1.165, 1.54) is 0 Å². The Morgan fingerprint density at radius 1 is 0.909 bits per heavy atom. The number of hydrogen-bond acceptors (Lipinski definition) is 5. The molecule has 1 saturated heterocycles. The number of ether oxygens (including phenoxy) is 1. The fraction of sp³-hybridized carbons (Fsp3) is 0.423. The summed E-state index contributed by atoms with van der Waals surface area (Å²) >= 11 is 0. The molecule has 1 fully saturated rings. The van der Waals surface area contributed by atoms with Gasteiger partial charge in [-0.25, -0.2) is 4.79 Å². The number of hydrogen-bond donors (Lipinski definition) is 1. The van der Waals surface area contributed by atoms with E-state index in [0.717, 1.165) is 11.3 Å². The highest BCUT2D eigenvalue weighted by atomic mass is 16.6. The lowest BCUT2D eigenvalue weighted by Gasteiger charge is -2.36. The van der Waals surface area contributed by atoms with Crippen LogP contribution in [0.25, 0.3) is 0 Å². The van der Waals surface area contributed by atoms with Gasteiger partial charge in [0.15, 0.2) is 5.78 Å². The molecule has 0 unspecified atom stereocenters. The van der Waals surface area contributed by atoms with Gasteiger partial charge in [-0.1, -0.05) is 30.3 Å². The number of nitrogens with zero attached hydrogens (tertiary/aromatic N) is 2. The van der Waals surface area contributed by atoms with Gasteiger partial charge in [0, 0.05) is 43.9 Å². The number of nitrogens with one attached hydrogen (secondary N) is 1. The molecule has 2 aromatic carbocycles. The summed E-state index contributed by atoms with van der Waals surface area (Å²) in [6, 6.07) is 17.2. The minimum absolute atomic E-state index is 0.00619. The molecule has 2 amide bonds. The van der Waals surface area contributed by atoms with Crippen LogP contribution in [0.2, 0.25) is 0 Å². The van der Waals surface area contributed by atoms with Crippen LogP contribution in [0.1, 0.15) is 43.1 Å². The zero-order valence-corrected chi connectivity index (χ0v) is 19.7. The number of ketones is 1. The van der Waals surface area contributed by atoms with Crippen LogP contribution < -0.4 is 10.2 Å². The molecule has 1 aliphatic heterocycles. The Hall–Kier alpha value is -3.35. The van der Waals surface area contributed by atoms with Gasteiger partial charge in [0.2, 0.25) is 0 Å². The van der Waals surface area contributed by atoms with Crippen molar-refractivity contribution in [1.29, 1.82) is 0 Å². The first-order valence-corrected chi connectivity index (χ1v) is 11.4. The first-order valence-electron chi connectivity index (χ1n) is 11.4. The average molecular weight is 452 g/mol. The molecule has 33 heavy (non-hydrogen) atoms. The van der Waals surface area contributed by atoms with Crippen molar-refractivity contribution >= 4 is 23.5 Å². The van der Waals surface area contributed by atoms with E-state index in [-0.39, 0.29) is 24.3 Å². The quantitative estimate of drug-likeness (QED) is 0.695. The molecule has 0 aliphatic carbocycles. The van der Waals surface area contributed by atoms with Crippen molar-refractivity contribution in [3.8, 4) is 0 Å². The van der Waals surface area contributed by atoms with Crippen molar-refractivity contribution in [2.24, 2.45) is 0 Å². The number of carbonyl (C=O) groups excluding carboxylic acids is 3. The molecule has 2 aromatic rings. The molecule has 0 atom stereocenters. The molecule has 1 heterocycles. The van der Waals surface area contributed by atoms with Crippen molar-refractivity contribution in [2.45, 2.75) is 39.2 Å². The van der Waals surface area contributed by atoms with Gasteiger partial charge in [0.1, 0.15) is 5.60 Å². The summed E-state index contributed by atoms with van der Waals surface area (Å²) in [4.78, 5) is 40.6. The van der Waals surface area contributed by atoms with Gasteiger partial charge >= 0.3 is 6.09 Å². The minimum atomic E-state index is -0.503. The summed E-state index contributed by atoms with van der Waals surface area (Å²) in [7, 11) is 0. The third kappa shape index (κ3) is 7.63. The monoisotopic (exact) mass is 451 g/mol. The molecule has 7 heteroatoms. The summed E-state index contributed by atoms with van der Waals surface area (Å²) in [6.45, 7) is 8.17. The van der Waals surface area contributed by atoms with Gasteiger partial charge in [-0.05, 0) is 57.0 Å². The van der Waals surface area contributed by atoms with E-state index in [2.05, 4.69) is 10.2 Å². The number of amides is 2. The topological polar surface area (TPSA) is 79.0 Å². The molecule has 0 radical (unpaired) electrons. The lowest BCUT2D eigenvalue weighted by Crippen LogP contribution is -2.50. The smallest absolute Gasteiger partial charge is 0.410 e. The zero-order valence-electron chi connectivity index (χ0n) is 19.7. The van der Waals surface area contributed by atoms with E-state index < -0.39 is 5.60 Å². The van der Waals surface area contributed by atoms with Gasteiger partial charge in [-0.15, -0.1) is 0 Å². The van der Waals surface area contributed by atoms with Crippen molar-refractivity contribution < 1.29 is 19.1 Å². The van der Waals surface area contributed by atoms with Crippen LogP contribution in [-0.2, 0) is 16.0 Å². The Morgan fingerprint density at radius 2 is 1.55 bits per heavy atom. The van der Waals surface area contributed by atoms with E-state index >= 15 is 0 Å². The zero-order chi connectivity index (χ0) is 23.8. The van der Waals surface area contributed by atoms with E-state index in [9.17, 15) is 14.4 Å². The number of aryl methyl sites for hydroxylation is 1. The highest BCUT2D eigenvalue weighted by Crippen LogP contribution is 2.19. The molecule has 0 spiro atoms. The third-order valence-corrected chi connectivity index (χ3v) is 5.41. The Morgan fingerprint density at radius 3 is 2.15 bits per heavy atom. The summed E-state index contributed by atoms with van der Waals surface area (Å²) in [5.41, 5.74) is 2.12. The second-order valence-electron chi connectivity index (χ2n) is 9.21. The highest BCUT2D eigenvalue weighted by molar-refractivity contribution is 5.97. The fourth-order valence-corrected chi connectivity index (χ4v) is 3.60. The van der Waals surface area contributed by atoms with Crippen molar-refractivity contribution in [1.82, 2.24) is 10.2 Å². The maximum absolute atomic E-state index is 12.4. The van der Waals surface area contributed by atoms with Crippen molar-refractivity contribution in [3.05, 3.63) is 65.7 Å². The van der Waals surface area contributed by atoms with E-state index in [0.29, 0.717) is 44.6 Å². The van der Waals surface area contributed by atoms with Crippen LogP contribution >= 0.6 is 0 Å². The maximum Gasteiger partial charge on any atom is 0.410 e. The molecule has 7 nitrogen and oxygen atoms in total. The summed E-state index contributed by atoms with van der Waals surface area (Å²) < 4.78 is 5.44. The van der Waals surface area contributed by atoms with Gasteiger partial charge in [-0.3, -0.25) is 9.59 Å². The second-order valence-corrected chi connectivity index (χ2v) is 9.21. The fourth-order valence-electron chi connectivity index (χ4n) is 3.60. The molecular formula is C26H33N3O4. The van der Waals surface area contributed by atoms with Gasteiger partial charge in [0.05, 0.1) is 6.54 Å². The minimum Gasteiger partial charge on any atom is -0.444 e. The van der Waals surface area contributed by atoms with Gasteiger partial charge < -0.3 is 19.9 Å². The third-order valence-electron chi connectivity index (χ3n) is 5.41. The standard InChI is InChI=1S/C26H33N3O4/c1-26(2,3)33-25(32)29-17-15-28(16-18-29)22-12-10-21(11-13-22)24(31)27-19-23(30)14-9-20-7-5-4-6-8-20/h4-8,10-13H,9,14-19H2,1-3H3,(H,27,31). The van der Waals surface area contributed by atoms with Crippen LogP contribution in [-0.4, -0.2) is 61.0 Å². The first kappa shape index (κ1) is 24.3. The van der Waals surface area contributed by atoms with Crippen LogP contribution in [0.3, 0.4) is 0 Å². The first-order chi connectivity index (χ1) is 15.7. The molecule has 0 saturated carbocycles. The molecule has 1 aliphatic rings. The Balaban J connectivity index is 1.43. The Kier molecular flexibility index (Phi) is 8.09. The van der Waals surface area contributed by atoms with Crippen LogP contribution in [0.5, 0.6) is 0 Å². The summed E-state index contributed by atoms with van der Waals surface area (Å²) in [5.74, 6) is -0.254.